The molecular formula is C8H18N3+. The second kappa shape index (κ2) is 6.04. The van der Waals surface area contributed by atoms with Crippen molar-refractivity contribution in [2.24, 2.45) is 4.99 Å². The lowest BCUT2D eigenvalue weighted by Crippen LogP contribution is -2.83. The van der Waals surface area contributed by atoms with Crippen molar-refractivity contribution >= 4 is 11.7 Å². The van der Waals surface area contributed by atoms with Gasteiger partial charge in [-0.25, -0.2) is 0 Å². The van der Waals surface area contributed by atoms with Crippen molar-refractivity contribution in [2.75, 3.05) is 7.05 Å². The van der Waals surface area contributed by atoms with Gasteiger partial charge in [-0.1, -0.05) is 13.3 Å². The maximum Gasteiger partial charge on any atom is 0.197 e. The van der Waals surface area contributed by atoms with Gasteiger partial charge in [-0.2, -0.15) is 4.99 Å². The minimum absolute atomic E-state index is 0.502. The highest BCUT2D eigenvalue weighted by molar-refractivity contribution is 5.90. The van der Waals surface area contributed by atoms with Crippen LogP contribution in [0.4, 0.5) is 0 Å². The molecule has 0 radical (unpaired) electrons. The van der Waals surface area contributed by atoms with Gasteiger partial charge in [0.15, 0.2) is 5.84 Å². The third kappa shape index (κ3) is 5.73. The SMILES string of the molecule is CCCCC(=N)N=C(C)[NH2+]C. The molecule has 11 heavy (non-hydrogen) atoms. The van der Waals surface area contributed by atoms with Crippen LogP contribution in [0.1, 0.15) is 33.1 Å². The minimum atomic E-state index is 0.502. The van der Waals surface area contributed by atoms with E-state index in [1.807, 2.05) is 19.3 Å². The Morgan fingerprint density at radius 1 is 1.55 bits per heavy atom. The summed E-state index contributed by atoms with van der Waals surface area (Å²) in [7, 11) is 1.94. The van der Waals surface area contributed by atoms with Crippen LogP contribution in [-0.2, 0) is 0 Å². The number of amidine groups is 2. The van der Waals surface area contributed by atoms with E-state index in [1.165, 1.54) is 0 Å². The molecule has 0 saturated carbocycles. The van der Waals surface area contributed by atoms with E-state index < -0.39 is 0 Å². The van der Waals surface area contributed by atoms with Gasteiger partial charge in [0.05, 0.1) is 7.05 Å². The fourth-order valence-electron chi connectivity index (χ4n) is 0.678. The Kier molecular flexibility index (Phi) is 5.65. The molecule has 0 saturated heterocycles. The van der Waals surface area contributed by atoms with E-state index in [-0.39, 0.29) is 0 Å². The molecule has 0 aromatic heterocycles. The van der Waals surface area contributed by atoms with E-state index in [0.29, 0.717) is 5.84 Å². The van der Waals surface area contributed by atoms with E-state index >= 15 is 0 Å². The largest absolute Gasteiger partial charge is 0.304 e. The molecule has 3 N–H and O–H groups in total. The number of nitrogens with two attached hydrogens (primary N) is 1. The summed E-state index contributed by atoms with van der Waals surface area (Å²) in [5, 5.41) is 9.34. The van der Waals surface area contributed by atoms with Crippen molar-refractivity contribution in [3.8, 4) is 0 Å². The van der Waals surface area contributed by atoms with Gasteiger partial charge in [-0.05, 0) is 6.42 Å². The summed E-state index contributed by atoms with van der Waals surface area (Å²) in [4.78, 5) is 4.08. The van der Waals surface area contributed by atoms with Gasteiger partial charge in [-0.3, -0.25) is 5.41 Å². The summed E-state index contributed by atoms with van der Waals surface area (Å²) >= 11 is 0. The summed E-state index contributed by atoms with van der Waals surface area (Å²) in [6.07, 6.45) is 3.01. The topological polar surface area (TPSA) is 52.8 Å². The highest BCUT2D eigenvalue weighted by atomic mass is 15.0. The number of nitrogens with zero attached hydrogens (tertiary/aromatic N) is 1. The smallest absolute Gasteiger partial charge is 0.197 e. The van der Waals surface area contributed by atoms with Crippen LogP contribution in [-0.4, -0.2) is 18.7 Å². The van der Waals surface area contributed by atoms with Gasteiger partial charge in [0.25, 0.3) is 0 Å². The molecule has 64 valence electrons. The lowest BCUT2D eigenvalue weighted by Gasteiger charge is -1.95. The highest BCUT2D eigenvalue weighted by Crippen LogP contribution is 1.95. The summed E-state index contributed by atoms with van der Waals surface area (Å²) in [5.74, 6) is 1.44. The minimum Gasteiger partial charge on any atom is -0.304 e. The second-order valence-corrected chi connectivity index (χ2v) is 2.59. The first kappa shape index (κ1) is 10.3. The predicted molar refractivity (Wildman–Crippen MR) is 48.2 cm³/mol. The van der Waals surface area contributed by atoms with E-state index in [2.05, 4.69) is 11.9 Å². The molecule has 0 spiro atoms. The first-order chi connectivity index (χ1) is 5.20. The number of hydrogen-bond donors (Lipinski definition) is 2. The number of hydrogen-bond acceptors (Lipinski definition) is 1. The van der Waals surface area contributed by atoms with Crippen molar-refractivity contribution in [3.05, 3.63) is 0 Å². The molecule has 0 amide bonds. The lowest BCUT2D eigenvalue weighted by atomic mass is 10.2. The molecule has 3 heteroatoms. The third-order valence-corrected chi connectivity index (χ3v) is 1.50. The Balaban J connectivity index is 3.67. The van der Waals surface area contributed by atoms with E-state index in [0.717, 1.165) is 25.1 Å². The van der Waals surface area contributed by atoms with Gasteiger partial charge >= 0.3 is 0 Å². The summed E-state index contributed by atoms with van der Waals surface area (Å²) in [6, 6.07) is 0. The first-order valence-electron chi connectivity index (χ1n) is 4.12. The van der Waals surface area contributed by atoms with Crippen LogP contribution in [0.5, 0.6) is 0 Å². The summed E-state index contributed by atoms with van der Waals surface area (Å²) in [6.45, 7) is 4.04. The first-order valence-corrected chi connectivity index (χ1v) is 4.12. The maximum absolute atomic E-state index is 7.42. The normalized spacial score (nSPS) is 11.7. The van der Waals surface area contributed by atoms with Crippen molar-refractivity contribution in [3.63, 3.8) is 0 Å². The van der Waals surface area contributed by atoms with Crippen molar-refractivity contribution in [1.82, 2.24) is 0 Å². The summed E-state index contributed by atoms with van der Waals surface area (Å²) < 4.78 is 0. The van der Waals surface area contributed by atoms with Gasteiger partial charge < -0.3 is 5.32 Å². The van der Waals surface area contributed by atoms with Crippen LogP contribution in [0, 0.1) is 5.41 Å². The van der Waals surface area contributed by atoms with Gasteiger partial charge in [0.1, 0.15) is 5.84 Å². The molecular weight excluding hydrogens is 138 g/mol. The van der Waals surface area contributed by atoms with Crippen LogP contribution in [0.3, 0.4) is 0 Å². The van der Waals surface area contributed by atoms with Crippen molar-refractivity contribution in [1.29, 1.82) is 5.41 Å². The number of nitrogens with one attached hydrogen (secondary N) is 1. The standard InChI is InChI=1S/C8H17N3/c1-4-5-6-8(9)11-7(2)10-3/h4-6H2,1-3H3,(H2,9,10,11)/p+1. The van der Waals surface area contributed by atoms with Crippen molar-refractivity contribution < 1.29 is 5.32 Å². The summed E-state index contributed by atoms with van der Waals surface area (Å²) in [5.41, 5.74) is 0. The Labute approximate surface area is 68.4 Å². The van der Waals surface area contributed by atoms with Gasteiger partial charge in [-0.15, -0.1) is 0 Å². The van der Waals surface area contributed by atoms with E-state index in [4.69, 9.17) is 5.41 Å². The molecule has 0 bridgehead atoms. The fourth-order valence-corrected chi connectivity index (χ4v) is 0.678. The number of unbranched alkanes of at least 4 members (excludes halogenated alkanes) is 1. The van der Waals surface area contributed by atoms with Crippen LogP contribution in [0.2, 0.25) is 0 Å². The molecule has 3 nitrogen and oxygen atoms in total. The van der Waals surface area contributed by atoms with Crippen LogP contribution in [0.15, 0.2) is 4.99 Å². The number of rotatable bonds is 3. The Hall–Kier alpha value is -0.700. The Morgan fingerprint density at radius 3 is 2.64 bits per heavy atom. The molecule has 0 rings (SSSR count). The molecule has 0 aromatic rings. The zero-order valence-corrected chi connectivity index (χ0v) is 7.65. The lowest BCUT2D eigenvalue weighted by molar-refractivity contribution is -0.507. The highest BCUT2D eigenvalue weighted by Gasteiger charge is 1.95. The molecule has 0 aliphatic rings. The number of quaternary nitrogens is 1. The zero-order chi connectivity index (χ0) is 8.69. The average molecular weight is 156 g/mol. The molecule has 0 aliphatic heterocycles. The van der Waals surface area contributed by atoms with Gasteiger partial charge in [0, 0.05) is 13.3 Å². The van der Waals surface area contributed by atoms with Crippen LogP contribution in [0.25, 0.3) is 0 Å². The molecule has 0 aliphatic carbocycles. The second-order valence-electron chi connectivity index (χ2n) is 2.59. The Morgan fingerprint density at radius 2 is 2.18 bits per heavy atom. The number of aliphatic imine (C=N–C) groups is 1. The zero-order valence-electron chi connectivity index (χ0n) is 7.65. The van der Waals surface area contributed by atoms with Crippen LogP contribution >= 0.6 is 0 Å². The average Bonchev–Trinajstić information content (AvgIpc) is 2.00. The fraction of sp³-hybridized carbons (Fsp3) is 0.750. The van der Waals surface area contributed by atoms with Crippen molar-refractivity contribution in [2.45, 2.75) is 33.1 Å². The Bertz CT molecular complexity index is 149. The molecule has 0 atom stereocenters. The van der Waals surface area contributed by atoms with Gasteiger partial charge in [0.2, 0.25) is 0 Å². The quantitative estimate of drug-likeness (QED) is 0.448. The third-order valence-electron chi connectivity index (χ3n) is 1.50. The molecule has 0 fully saturated rings. The molecule has 0 unspecified atom stereocenters. The van der Waals surface area contributed by atoms with E-state index in [1.54, 1.807) is 0 Å². The monoisotopic (exact) mass is 156 g/mol. The van der Waals surface area contributed by atoms with Crippen LogP contribution < -0.4 is 5.32 Å². The maximum atomic E-state index is 7.42. The predicted octanol–water partition coefficient (Wildman–Crippen LogP) is 0.765. The van der Waals surface area contributed by atoms with E-state index in [9.17, 15) is 0 Å². The molecule has 0 aromatic carbocycles. The molecule has 0 heterocycles.